The molecule has 1 aliphatic rings. The molecule has 1 unspecified atom stereocenters. The molecule has 3 nitrogen and oxygen atoms in total. The van der Waals surface area contributed by atoms with Crippen molar-refractivity contribution in [3.05, 3.63) is 65.7 Å². The highest BCUT2D eigenvalue weighted by atomic mass is 16.5. The summed E-state index contributed by atoms with van der Waals surface area (Å²) >= 11 is 0. The second-order valence-corrected chi connectivity index (χ2v) is 5.48. The zero-order valence-corrected chi connectivity index (χ0v) is 12.2. The number of nitrogens with zero attached hydrogens (tertiary/aromatic N) is 1. The van der Waals surface area contributed by atoms with Crippen LogP contribution >= 0.6 is 0 Å². The Kier molecular flexibility index (Phi) is 3.91. The first-order chi connectivity index (χ1) is 10.2. The molecule has 2 aromatic rings. The molecule has 0 N–H and O–H groups in total. The molecule has 2 aromatic carbocycles. The van der Waals surface area contributed by atoms with Gasteiger partial charge in [0.1, 0.15) is 5.75 Å². The van der Waals surface area contributed by atoms with Crippen molar-refractivity contribution in [1.29, 1.82) is 0 Å². The summed E-state index contributed by atoms with van der Waals surface area (Å²) in [6.07, 6.45) is 0. The summed E-state index contributed by atoms with van der Waals surface area (Å²) in [5, 5.41) is 0. The number of hydrogen-bond donors (Lipinski definition) is 0. The summed E-state index contributed by atoms with van der Waals surface area (Å²) in [6, 6.07) is 17.8. The first-order valence-electron chi connectivity index (χ1n) is 7.27. The molecule has 1 heterocycles. The normalized spacial score (nSPS) is 17.2. The average Bonchev–Trinajstić information content (AvgIpc) is 2.53. The number of para-hydroxylation sites is 1. The molecule has 0 spiro atoms. The predicted octanol–water partition coefficient (Wildman–Crippen LogP) is 3.21. The van der Waals surface area contributed by atoms with Gasteiger partial charge in [-0.25, -0.2) is 0 Å². The van der Waals surface area contributed by atoms with E-state index >= 15 is 0 Å². The third kappa shape index (κ3) is 3.07. The van der Waals surface area contributed by atoms with Crippen molar-refractivity contribution in [2.45, 2.75) is 19.4 Å². The highest BCUT2D eigenvalue weighted by molar-refractivity contribution is 5.78. The van der Waals surface area contributed by atoms with Crippen LogP contribution in [0.5, 0.6) is 5.75 Å². The van der Waals surface area contributed by atoms with Crippen molar-refractivity contribution in [3.8, 4) is 5.75 Å². The lowest BCUT2D eigenvalue weighted by Crippen LogP contribution is -2.40. The number of fused-ring (bicyclic) bond motifs is 1. The Bertz CT molecular complexity index is 624. The Hall–Kier alpha value is -2.29. The lowest BCUT2D eigenvalue weighted by Gasteiger charge is -2.33. The van der Waals surface area contributed by atoms with Crippen molar-refractivity contribution in [3.63, 3.8) is 0 Å². The van der Waals surface area contributed by atoms with Gasteiger partial charge < -0.3 is 9.64 Å². The first kappa shape index (κ1) is 13.7. The van der Waals surface area contributed by atoms with Crippen molar-refractivity contribution >= 4 is 5.91 Å². The van der Waals surface area contributed by atoms with E-state index in [0.717, 1.165) is 12.3 Å². The lowest BCUT2D eigenvalue weighted by molar-refractivity contribution is -0.134. The Labute approximate surface area is 125 Å². The fraction of sp³-hybridized carbons (Fsp3) is 0.278. The van der Waals surface area contributed by atoms with Gasteiger partial charge in [-0.05, 0) is 29.2 Å². The predicted molar refractivity (Wildman–Crippen MR) is 82.2 cm³/mol. The minimum atomic E-state index is 0.0419. The average molecular weight is 281 g/mol. The number of amides is 1. The van der Waals surface area contributed by atoms with Gasteiger partial charge in [0.25, 0.3) is 5.91 Å². The van der Waals surface area contributed by atoms with Gasteiger partial charge in [0.2, 0.25) is 0 Å². The summed E-state index contributed by atoms with van der Waals surface area (Å²) in [4.78, 5) is 14.2. The summed E-state index contributed by atoms with van der Waals surface area (Å²) in [5.74, 6) is 1.15. The Morgan fingerprint density at radius 1 is 1.14 bits per heavy atom. The second-order valence-electron chi connectivity index (χ2n) is 5.48. The minimum absolute atomic E-state index is 0.0419. The van der Waals surface area contributed by atoms with E-state index in [1.807, 2.05) is 41.3 Å². The summed E-state index contributed by atoms with van der Waals surface area (Å²) in [7, 11) is 0. The maximum absolute atomic E-state index is 12.3. The molecule has 108 valence electrons. The zero-order chi connectivity index (χ0) is 14.7. The molecular weight excluding hydrogens is 262 g/mol. The molecule has 0 saturated carbocycles. The van der Waals surface area contributed by atoms with E-state index in [4.69, 9.17) is 4.74 Å². The molecule has 0 radical (unpaired) electrons. The van der Waals surface area contributed by atoms with Crippen molar-refractivity contribution < 1.29 is 9.53 Å². The monoisotopic (exact) mass is 281 g/mol. The number of benzene rings is 2. The van der Waals surface area contributed by atoms with E-state index in [1.54, 1.807) is 0 Å². The topological polar surface area (TPSA) is 29.5 Å². The molecule has 3 rings (SSSR count). The molecule has 0 aliphatic carbocycles. The van der Waals surface area contributed by atoms with E-state index in [0.29, 0.717) is 12.5 Å². The van der Waals surface area contributed by atoms with Crippen LogP contribution in [0, 0.1) is 0 Å². The molecule has 1 amide bonds. The van der Waals surface area contributed by atoms with Crippen molar-refractivity contribution in [2.24, 2.45) is 0 Å². The minimum Gasteiger partial charge on any atom is -0.484 e. The maximum atomic E-state index is 12.3. The largest absolute Gasteiger partial charge is 0.484 e. The van der Waals surface area contributed by atoms with Gasteiger partial charge >= 0.3 is 0 Å². The highest BCUT2D eigenvalue weighted by Crippen LogP contribution is 2.27. The molecule has 1 atom stereocenters. The second kappa shape index (κ2) is 6.00. The fourth-order valence-corrected chi connectivity index (χ4v) is 2.80. The molecule has 0 saturated heterocycles. The molecule has 1 aliphatic heterocycles. The van der Waals surface area contributed by atoms with Crippen LogP contribution in [0.4, 0.5) is 0 Å². The first-order valence-corrected chi connectivity index (χ1v) is 7.27. The summed E-state index contributed by atoms with van der Waals surface area (Å²) in [5.41, 5.74) is 2.59. The summed E-state index contributed by atoms with van der Waals surface area (Å²) < 4.78 is 5.55. The number of ether oxygens (including phenoxy) is 1. The van der Waals surface area contributed by atoms with Gasteiger partial charge in [-0.2, -0.15) is 0 Å². The van der Waals surface area contributed by atoms with Crippen LogP contribution in [0.15, 0.2) is 54.6 Å². The highest BCUT2D eigenvalue weighted by Gasteiger charge is 2.25. The number of carbonyl (C=O) groups excluding carboxylic acids is 1. The number of carbonyl (C=O) groups is 1. The SMILES string of the molecule is CC1CN(C(=O)COc2ccccc2)Cc2ccccc21. The van der Waals surface area contributed by atoms with Crippen LogP contribution in [0.25, 0.3) is 0 Å². The van der Waals surface area contributed by atoms with E-state index in [2.05, 4.69) is 25.1 Å². The number of hydrogen-bond acceptors (Lipinski definition) is 2. The molecule has 0 bridgehead atoms. The van der Waals surface area contributed by atoms with Gasteiger partial charge in [-0.1, -0.05) is 49.4 Å². The Morgan fingerprint density at radius 2 is 1.86 bits per heavy atom. The van der Waals surface area contributed by atoms with E-state index in [-0.39, 0.29) is 12.5 Å². The molecule has 0 fully saturated rings. The van der Waals surface area contributed by atoms with Crippen LogP contribution < -0.4 is 4.74 Å². The smallest absolute Gasteiger partial charge is 0.260 e. The van der Waals surface area contributed by atoms with Gasteiger partial charge in [0, 0.05) is 13.1 Å². The maximum Gasteiger partial charge on any atom is 0.260 e. The van der Waals surface area contributed by atoms with Crippen molar-refractivity contribution in [2.75, 3.05) is 13.2 Å². The quantitative estimate of drug-likeness (QED) is 0.864. The van der Waals surface area contributed by atoms with E-state index in [9.17, 15) is 4.79 Å². The van der Waals surface area contributed by atoms with Gasteiger partial charge in [0.15, 0.2) is 6.61 Å². The van der Waals surface area contributed by atoms with Crippen LogP contribution in [0.3, 0.4) is 0 Å². The Balaban J connectivity index is 1.64. The summed E-state index contributed by atoms with van der Waals surface area (Å²) in [6.45, 7) is 3.70. The third-order valence-electron chi connectivity index (χ3n) is 3.90. The van der Waals surface area contributed by atoms with Crippen LogP contribution in [-0.4, -0.2) is 24.0 Å². The van der Waals surface area contributed by atoms with Gasteiger partial charge in [0.05, 0.1) is 0 Å². The molecular formula is C18H19NO2. The number of rotatable bonds is 3. The van der Waals surface area contributed by atoms with Crippen LogP contribution in [0.1, 0.15) is 24.0 Å². The fourth-order valence-electron chi connectivity index (χ4n) is 2.80. The van der Waals surface area contributed by atoms with E-state index in [1.165, 1.54) is 11.1 Å². The Morgan fingerprint density at radius 3 is 2.67 bits per heavy atom. The standard InChI is InChI=1S/C18H19NO2/c1-14-11-19(12-15-7-5-6-10-17(14)15)18(20)13-21-16-8-3-2-4-9-16/h2-10,14H,11-13H2,1H3. The molecule has 21 heavy (non-hydrogen) atoms. The lowest BCUT2D eigenvalue weighted by atomic mass is 9.91. The van der Waals surface area contributed by atoms with Crippen LogP contribution in [0.2, 0.25) is 0 Å². The van der Waals surface area contributed by atoms with Crippen LogP contribution in [-0.2, 0) is 11.3 Å². The van der Waals surface area contributed by atoms with Gasteiger partial charge in [-0.15, -0.1) is 0 Å². The van der Waals surface area contributed by atoms with Crippen molar-refractivity contribution in [1.82, 2.24) is 4.90 Å². The van der Waals surface area contributed by atoms with E-state index < -0.39 is 0 Å². The zero-order valence-electron chi connectivity index (χ0n) is 12.2. The van der Waals surface area contributed by atoms with Gasteiger partial charge in [-0.3, -0.25) is 4.79 Å². The molecule has 0 aromatic heterocycles. The molecule has 3 heteroatoms. The third-order valence-corrected chi connectivity index (χ3v) is 3.90.